The maximum atomic E-state index is 13.3. The van der Waals surface area contributed by atoms with Gasteiger partial charge in [-0.3, -0.25) is 4.90 Å². The van der Waals surface area contributed by atoms with Crippen LogP contribution in [0.15, 0.2) is 48.7 Å². The number of rotatable bonds is 5. The molecule has 0 amide bonds. The SMILES string of the molecule is CCc1nc2ccc(C3CCNCC3)nn2c1N(C)c1nccc(-c2ccc(F)cc2)n1. The van der Waals surface area contributed by atoms with Crippen LogP contribution in [0.2, 0.25) is 0 Å². The molecule has 3 aromatic heterocycles. The van der Waals surface area contributed by atoms with Gasteiger partial charge in [0.2, 0.25) is 5.95 Å². The standard InChI is InChI=1S/C24H26FN7/c1-3-19-23(32-22(28-19)9-8-21(30-32)17-10-13-26-14-11-17)31(2)24-27-15-12-20(29-24)16-4-6-18(25)7-5-16/h4-9,12,15,17,26H,3,10-11,13-14H2,1-2H3. The fourth-order valence-corrected chi connectivity index (χ4v) is 4.28. The topological polar surface area (TPSA) is 71.2 Å². The van der Waals surface area contributed by atoms with Crippen LogP contribution >= 0.6 is 0 Å². The smallest absolute Gasteiger partial charge is 0.231 e. The Morgan fingerprint density at radius 1 is 1.06 bits per heavy atom. The lowest BCUT2D eigenvalue weighted by atomic mass is 9.94. The van der Waals surface area contributed by atoms with E-state index in [1.807, 2.05) is 22.5 Å². The molecular formula is C24H26FN7. The molecule has 164 valence electrons. The summed E-state index contributed by atoms with van der Waals surface area (Å²) in [4.78, 5) is 16.0. The molecule has 8 heteroatoms. The van der Waals surface area contributed by atoms with E-state index in [1.54, 1.807) is 18.3 Å². The summed E-state index contributed by atoms with van der Waals surface area (Å²) in [5, 5.41) is 8.41. The molecule has 0 unspecified atom stereocenters. The van der Waals surface area contributed by atoms with Crippen molar-refractivity contribution < 1.29 is 4.39 Å². The van der Waals surface area contributed by atoms with Gasteiger partial charge in [0.25, 0.3) is 0 Å². The fraction of sp³-hybridized carbons (Fsp3) is 0.333. The molecule has 1 saturated heterocycles. The molecule has 0 bridgehead atoms. The summed E-state index contributed by atoms with van der Waals surface area (Å²) in [6, 6.07) is 12.3. The number of nitrogens with one attached hydrogen (secondary N) is 1. The summed E-state index contributed by atoms with van der Waals surface area (Å²) < 4.78 is 15.3. The van der Waals surface area contributed by atoms with Crippen LogP contribution in [0.3, 0.4) is 0 Å². The molecule has 1 aliphatic rings. The molecule has 1 aromatic carbocycles. The molecule has 1 fully saturated rings. The molecule has 32 heavy (non-hydrogen) atoms. The number of fused-ring (bicyclic) bond motifs is 1. The first-order valence-corrected chi connectivity index (χ1v) is 11.1. The van der Waals surface area contributed by atoms with Gasteiger partial charge in [-0.15, -0.1) is 0 Å². The molecule has 4 heterocycles. The third-order valence-corrected chi connectivity index (χ3v) is 6.04. The number of hydrogen-bond acceptors (Lipinski definition) is 6. The lowest BCUT2D eigenvalue weighted by molar-refractivity contribution is 0.449. The highest BCUT2D eigenvalue weighted by molar-refractivity contribution is 5.65. The van der Waals surface area contributed by atoms with E-state index in [4.69, 9.17) is 15.1 Å². The minimum Gasteiger partial charge on any atom is -0.317 e. The highest BCUT2D eigenvalue weighted by atomic mass is 19.1. The van der Waals surface area contributed by atoms with Gasteiger partial charge >= 0.3 is 0 Å². The monoisotopic (exact) mass is 431 g/mol. The lowest BCUT2D eigenvalue weighted by Gasteiger charge is -2.22. The summed E-state index contributed by atoms with van der Waals surface area (Å²) in [7, 11) is 1.94. The van der Waals surface area contributed by atoms with E-state index >= 15 is 0 Å². The number of halogens is 1. The molecule has 1 aliphatic heterocycles. The second-order valence-corrected chi connectivity index (χ2v) is 8.10. The Bertz CT molecular complexity index is 1230. The Kier molecular flexibility index (Phi) is 5.53. The molecule has 0 saturated carbocycles. The van der Waals surface area contributed by atoms with Crippen molar-refractivity contribution in [3.8, 4) is 11.3 Å². The first-order chi connectivity index (χ1) is 15.6. The number of aromatic nitrogens is 5. The second-order valence-electron chi connectivity index (χ2n) is 8.10. The van der Waals surface area contributed by atoms with Crippen LogP contribution in [-0.2, 0) is 6.42 Å². The van der Waals surface area contributed by atoms with Crippen LogP contribution in [0.25, 0.3) is 16.9 Å². The first-order valence-electron chi connectivity index (χ1n) is 11.1. The van der Waals surface area contributed by atoms with Crippen LogP contribution in [-0.4, -0.2) is 44.7 Å². The average molecular weight is 432 g/mol. The summed E-state index contributed by atoms with van der Waals surface area (Å²) in [6.45, 7) is 4.12. The van der Waals surface area contributed by atoms with E-state index in [0.29, 0.717) is 11.9 Å². The summed E-state index contributed by atoms with van der Waals surface area (Å²) in [6.07, 6.45) is 4.66. The van der Waals surface area contributed by atoms with Gasteiger partial charge in [0.1, 0.15) is 5.82 Å². The highest BCUT2D eigenvalue weighted by Gasteiger charge is 2.22. The minimum atomic E-state index is -0.269. The maximum Gasteiger partial charge on any atom is 0.231 e. The largest absolute Gasteiger partial charge is 0.317 e. The third-order valence-electron chi connectivity index (χ3n) is 6.04. The number of anilines is 2. The molecule has 4 aromatic rings. The number of nitrogens with zero attached hydrogens (tertiary/aromatic N) is 6. The summed E-state index contributed by atoms with van der Waals surface area (Å²) in [5.41, 5.74) is 4.42. The molecule has 0 aliphatic carbocycles. The average Bonchev–Trinajstić information content (AvgIpc) is 3.22. The van der Waals surface area contributed by atoms with Crippen molar-refractivity contribution in [3.63, 3.8) is 0 Å². The minimum absolute atomic E-state index is 0.269. The predicted molar refractivity (Wildman–Crippen MR) is 123 cm³/mol. The van der Waals surface area contributed by atoms with E-state index in [1.165, 1.54) is 12.1 Å². The van der Waals surface area contributed by atoms with E-state index in [2.05, 4.69) is 29.4 Å². The number of piperidine rings is 1. The molecule has 5 rings (SSSR count). The van der Waals surface area contributed by atoms with Gasteiger partial charge in [-0.25, -0.2) is 19.3 Å². The molecule has 7 nitrogen and oxygen atoms in total. The number of benzene rings is 1. The van der Waals surface area contributed by atoms with Crippen molar-refractivity contribution in [2.75, 3.05) is 25.0 Å². The Morgan fingerprint density at radius 3 is 2.59 bits per heavy atom. The zero-order valence-electron chi connectivity index (χ0n) is 18.3. The Labute approximate surface area is 186 Å². The highest BCUT2D eigenvalue weighted by Crippen LogP contribution is 2.30. The molecule has 0 spiro atoms. The molecular weight excluding hydrogens is 405 g/mol. The van der Waals surface area contributed by atoms with Crippen molar-refractivity contribution in [1.82, 2.24) is 29.9 Å². The first kappa shape index (κ1) is 20.5. The van der Waals surface area contributed by atoms with Gasteiger partial charge in [-0.1, -0.05) is 6.92 Å². The zero-order chi connectivity index (χ0) is 22.1. The number of aryl methyl sites for hydroxylation is 1. The maximum absolute atomic E-state index is 13.3. The third kappa shape index (κ3) is 3.82. The normalized spacial score (nSPS) is 14.7. The Balaban J connectivity index is 1.55. The van der Waals surface area contributed by atoms with Gasteiger partial charge in [-0.2, -0.15) is 9.61 Å². The second kappa shape index (κ2) is 8.63. The molecule has 0 atom stereocenters. The van der Waals surface area contributed by atoms with Gasteiger partial charge in [0.15, 0.2) is 11.5 Å². The fourth-order valence-electron chi connectivity index (χ4n) is 4.28. The zero-order valence-corrected chi connectivity index (χ0v) is 18.3. The lowest BCUT2D eigenvalue weighted by Crippen LogP contribution is -2.27. The van der Waals surface area contributed by atoms with Gasteiger partial charge < -0.3 is 5.32 Å². The van der Waals surface area contributed by atoms with Crippen LogP contribution in [0, 0.1) is 5.82 Å². The van der Waals surface area contributed by atoms with Crippen LogP contribution in [0.4, 0.5) is 16.2 Å². The van der Waals surface area contributed by atoms with Crippen molar-refractivity contribution in [2.24, 2.45) is 0 Å². The molecule has 0 radical (unpaired) electrons. The van der Waals surface area contributed by atoms with Gasteiger partial charge in [0.05, 0.1) is 17.1 Å². The van der Waals surface area contributed by atoms with Crippen molar-refractivity contribution in [3.05, 3.63) is 65.9 Å². The van der Waals surface area contributed by atoms with E-state index in [-0.39, 0.29) is 5.82 Å². The van der Waals surface area contributed by atoms with Crippen molar-refractivity contribution in [1.29, 1.82) is 0 Å². The Morgan fingerprint density at radius 2 is 1.84 bits per heavy atom. The van der Waals surface area contributed by atoms with Gasteiger partial charge in [-0.05, 0) is 74.8 Å². The summed E-state index contributed by atoms with van der Waals surface area (Å²) >= 11 is 0. The molecule has 1 N–H and O–H groups in total. The predicted octanol–water partition coefficient (Wildman–Crippen LogP) is 4.12. The number of imidazole rings is 1. The van der Waals surface area contributed by atoms with Crippen molar-refractivity contribution >= 4 is 17.4 Å². The van der Waals surface area contributed by atoms with Crippen LogP contribution in [0.1, 0.15) is 37.1 Å². The van der Waals surface area contributed by atoms with Crippen molar-refractivity contribution in [2.45, 2.75) is 32.1 Å². The van der Waals surface area contributed by atoms with E-state index in [0.717, 1.165) is 66.5 Å². The number of hydrogen-bond donors (Lipinski definition) is 1. The quantitative estimate of drug-likeness (QED) is 0.513. The van der Waals surface area contributed by atoms with Gasteiger partial charge in [0, 0.05) is 24.7 Å². The van der Waals surface area contributed by atoms with E-state index < -0.39 is 0 Å². The van der Waals surface area contributed by atoms with Crippen LogP contribution in [0.5, 0.6) is 0 Å². The summed E-state index contributed by atoms with van der Waals surface area (Å²) in [5.74, 6) is 1.59. The van der Waals surface area contributed by atoms with E-state index in [9.17, 15) is 4.39 Å². The van der Waals surface area contributed by atoms with Crippen LogP contribution < -0.4 is 10.2 Å². The Hall–Kier alpha value is -3.39.